The van der Waals surface area contributed by atoms with Crippen molar-refractivity contribution in [2.24, 2.45) is 0 Å². The van der Waals surface area contributed by atoms with Gasteiger partial charge in [0.05, 0.1) is 18.7 Å². The number of ether oxygens (including phenoxy) is 1. The molecule has 0 radical (unpaired) electrons. The van der Waals surface area contributed by atoms with Gasteiger partial charge in [0.2, 0.25) is 0 Å². The SMILES string of the molecule is COc1ccc(Cl)cc1C1(O)CNc2cc(Cl)cc(Cl)c21. The second kappa shape index (κ2) is 5.25. The summed E-state index contributed by atoms with van der Waals surface area (Å²) in [5.74, 6) is 0.544. The molecule has 0 spiro atoms. The molecule has 2 N–H and O–H groups in total. The fourth-order valence-electron chi connectivity index (χ4n) is 2.68. The Morgan fingerprint density at radius 2 is 1.90 bits per heavy atom. The first-order valence-corrected chi connectivity index (χ1v) is 7.39. The Balaban J connectivity index is 2.24. The van der Waals surface area contributed by atoms with Gasteiger partial charge in [0.1, 0.15) is 11.4 Å². The largest absolute Gasteiger partial charge is 0.496 e. The van der Waals surface area contributed by atoms with Gasteiger partial charge in [-0.05, 0) is 30.3 Å². The monoisotopic (exact) mass is 343 g/mol. The highest BCUT2D eigenvalue weighted by molar-refractivity contribution is 6.36. The van der Waals surface area contributed by atoms with Crippen molar-refractivity contribution < 1.29 is 9.84 Å². The summed E-state index contributed by atoms with van der Waals surface area (Å²) >= 11 is 18.4. The van der Waals surface area contributed by atoms with Crippen LogP contribution in [0.4, 0.5) is 5.69 Å². The average Bonchev–Trinajstić information content (AvgIpc) is 2.77. The van der Waals surface area contributed by atoms with E-state index in [-0.39, 0.29) is 6.54 Å². The quantitative estimate of drug-likeness (QED) is 0.852. The van der Waals surface area contributed by atoms with Crippen molar-refractivity contribution >= 4 is 40.5 Å². The van der Waals surface area contributed by atoms with Crippen molar-refractivity contribution in [2.45, 2.75) is 5.60 Å². The van der Waals surface area contributed by atoms with Crippen LogP contribution in [0.15, 0.2) is 30.3 Å². The standard InChI is InChI=1S/C15H12Cl3NO2/c1-21-13-3-2-8(16)4-10(13)15(20)7-19-12-6-9(17)5-11(18)14(12)15/h2-6,19-20H,7H2,1H3. The first-order valence-electron chi connectivity index (χ1n) is 6.25. The molecular formula is C15H12Cl3NO2. The Morgan fingerprint density at radius 1 is 1.14 bits per heavy atom. The number of methoxy groups -OCH3 is 1. The molecule has 1 aliphatic rings. The molecule has 1 atom stereocenters. The van der Waals surface area contributed by atoms with Gasteiger partial charge in [-0.2, -0.15) is 0 Å². The van der Waals surface area contributed by atoms with Gasteiger partial charge < -0.3 is 15.2 Å². The number of nitrogens with one attached hydrogen (secondary N) is 1. The van der Waals surface area contributed by atoms with Crippen LogP contribution >= 0.6 is 34.8 Å². The van der Waals surface area contributed by atoms with Crippen molar-refractivity contribution in [3.05, 3.63) is 56.5 Å². The third kappa shape index (κ3) is 2.34. The lowest BCUT2D eigenvalue weighted by Crippen LogP contribution is -2.30. The van der Waals surface area contributed by atoms with E-state index in [1.807, 2.05) is 0 Å². The summed E-state index contributed by atoms with van der Waals surface area (Å²) in [5, 5.41) is 15.7. The summed E-state index contributed by atoms with van der Waals surface area (Å²) in [6, 6.07) is 8.45. The predicted octanol–water partition coefficient (Wildman–Crippen LogP) is 4.32. The van der Waals surface area contributed by atoms with Crippen LogP contribution in [0.5, 0.6) is 5.75 Å². The van der Waals surface area contributed by atoms with Crippen LogP contribution in [0.25, 0.3) is 0 Å². The van der Waals surface area contributed by atoms with Gasteiger partial charge in [0.15, 0.2) is 0 Å². The molecule has 0 saturated carbocycles. The molecule has 6 heteroatoms. The summed E-state index contributed by atoms with van der Waals surface area (Å²) < 4.78 is 5.34. The van der Waals surface area contributed by atoms with E-state index < -0.39 is 5.60 Å². The maximum Gasteiger partial charge on any atom is 0.139 e. The lowest BCUT2D eigenvalue weighted by molar-refractivity contribution is 0.0998. The second-order valence-corrected chi connectivity index (χ2v) is 6.15. The van der Waals surface area contributed by atoms with Crippen LogP contribution in [-0.4, -0.2) is 18.8 Å². The maximum atomic E-state index is 11.2. The molecule has 0 bridgehead atoms. The van der Waals surface area contributed by atoms with Crippen LogP contribution in [-0.2, 0) is 5.60 Å². The summed E-state index contributed by atoms with van der Waals surface area (Å²) in [6.45, 7) is 0.263. The van der Waals surface area contributed by atoms with Crippen molar-refractivity contribution in [1.82, 2.24) is 0 Å². The van der Waals surface area contributed by atoms with Gasteiger partial charge in [-0.1, -0.05) is 34.8 Å². The number of fused-ring (bicyclic) bond motifs is 1. The topological polar surface area (TPSA) is 41.5 Å². The van der Waals surface area contributed by atoms with E-state index in [9.17, 15) is 5.11 Å². The molecule has 0 aromatic heterocycles. The first-order chi connectivity index (χ1) is 9.95. The van der Waals surface area contributed by atoms with Crippen molar-refractivity contribution in [3.8, 4) is 5.75 Å². The molecule has 0 saturated heterocycles. The zero-order chi connectivity index (χ0) is 15.2. The molecule has 1 heterocycles. The lowest BCUT2D eigenvalue weighted by atomic mass is 9.87. The van der Waals surface area contributed by atoms with Gasteiger partial charge in [0.25, 0.3) is 0 Å². The third-order valence-electron chi connectivity index (χ3n) is 3.61. The highest BCUT2D eigenvalue weighted by atomic mass is 35.5. The molecule has 3 rings (SSSR count). The maximum absolute atomic E-state index is 11.2. The third-order valence-corrected chi connectivity index (χ3v) is 4.36. The van der Waals surface area contributed by atoms with Gasteiger partial charge in [-0.25, -0.2) is 0 Å². The van der Waals surface area contributed by atoms with E-state index in [4.69, 9.17) is 39.5 Å². The molecule has 0 fully saturated rings. The minimum absolute atomic E-state index is 0.263. The van der Waals surface area contributed by atoms with Crippen molar-refractivity contribution in [1.29, 1.82) is 0 Å². The number of halogens is 3. The number of hydrogen-bond donors (Lipinski definition) is 2. The Labute approximate surface area is 137 Å². The van der Waals surface area contributed by atoms with Crippen molar-refractivity contribution in [3.63, 3.8) is 0 Å². The zero-order valence-corrected chi connectivity index (χ0v) is 13.4. The molecule has 21 heavy (non-hydrogen) atoms. The Hall–Kier alpha value is -1.13. The summed E-state index contributed by atoms with van der Waals surface area (Å²) in [4.78, 5) is 0. The number of rotatable bonds is 2. The number of anilines is 1. The normalized spacial score (nSPS) is 20.0. The van der Waals surface area contributed by atoms with Crippen LogP contribution in [0, 0.1) is 0 Å². The smallest absolute Gasteiger partial charge is 0.139 e. The highest BCUT2D eigenvalue weighted by Crippen LogP contribution is 2.47. The minimum atomic E-state index is -1.33. The van der Waals surface area contributed by atoms with Crippen molar-refractivity contribution in [2.75, 3.05) is 19.0 Å². The lowest BCUT2D eigenvalue weighted by Gasteiger charge is -2.26. The van der Waals surface area contributed by atoms with Gasteiger partial charge >= 0.3 is 0 Å². The molecule has 0 aliphatic carbocycles. The van der Waals surface area contributed by atoms with E-state index in [0.29, 0.717) is 37.6 Å². The summed E-state index contributed by atoms with van der Waals surface area (Å²) in [5.41, 5.74) is 0.520. The average molecular weight is 345 g/mol. The van der Waals surface area contributed by atoms with E-state index in [0.717, 1.165) is 0 Å². The van der Waals surface area contributed by atoms with Gasteiger partial charge in [-0.15, -0.1) is 0 Å². The summed E-state index contributed by atoms with van der Waals surface area (Å²) in [7, 11) is 1.54. The number of benzene rings is 2. The van der Waals surface area contributed by atoms with Gasteiger partial charge in [0, 0.05) is 26.9 Å². The molecule has 1 aliphatic heterocycles. The van der Waals surface area contributed by atoms with E-state index in [1.54, 1.807) is 37.4 Å². The highest BCUT2D eigenvalue weighted by Gasteiger charge is 2.42. The number of hydrogen-bond acceptors (Lipinski definition) is 3. The van der Waals surface area contributed by atoms with Crippen LogP contribution in [0.3, 0.4) is 0 Å². The predicted molar refractivity (Wildman–Crippen MR) is 86.0 cm³/mol. The van der Waals surface area contributed by atoms with Crippen LogP contribution in [0.1, 0.15) is 11.1 Å². The molecule has 2 aromatic rings. The molecule has 110 valence electrons. The molecule has 1 unspecified atom stereocenters. The van der Waals surface area contributed by atoms with Gasteiger partial charge in [-0.3, -0.25) is 0 Å². The Bertz CT molecular complexity index is 720. The number of β-amino-alcohol motifs (C(OH)–C–C–N with tert-alkyl or cyclic N) is 1. The molecule has 2 aromatic carbocycles. The van der Waals surface area contributed by atoms with E-state index in [1.165, 1.54) is 0 Å². The van der Waals surface area contributed by atoms with E-state index in [2.05, 4.69) is 5.32 Å². The molecule has 3 nitrogen and oxygen atoms in total. The zero-order valence-electron chi connectivity index (χ0n) is 11.1. The first kappa shape index (κ1) is 14.8. The second-order valence-electron chi connectivity index (χ2n) is 4.87. The van der Waals surface area contributed by atoms with Crippen LogP contribution in [0.2, 0.25) is 15.1 Å². The Kier molecular flexibility index (Phi) is 3.70. The number of aliphatic hydroxyl groups is 1. The minimum Gasteiger partial charge on any atom is -0.496 e. The Morgan fingerprint density at radius 3 is 2.62 bits per heavy atom. The molecular weight excluding hydrogens is 333 g/mol. The summed E-state index contributed by atoms with van der Waals surface area (Å²) in [6.07, 6.45) is 0. The fraction of sp³-hybridized carbons (Fsp3) is 0.200. The van der Waals surface area contributed by atoms with Crippen LogP contribution < -0.4 is 10.1 Å². The molecule has 0 amide bonds. The van der Waals surface area contributed by atoms with E-state index >= 15 is 0 Å². The fourth-order valence-corrected chi connectivity index (χ4v) is 3.50.